The molecule has 0 radical (unpaired) electrons. The average Bonchev–Trinajstić information content (AvgIpc) is 3.04. The predicted octanol–water partition coefficient (Wildman–Crippen LogP) is 1.31. The second-order valence-corrected chi connectivity index (χ2v) is 5.40. The van der Waals surface area contributed by atoms with E-state index in [1.165, 1.54) is 12.8 Å². The number of fused-ring (bicyclic) bond motifs is 5. The number of ether oxygens (including phenoxy) is 1. The molecule has 0 aromatic rings. The first kappa shape index (κ1) is 14.9. The zero-order valence-corrected chi connectivity index (χ0v) is 13.7. The maximum atomic E-state index is 5.99. The number of guanidine groups is 1. The first-order chi connectivity index (χ1) is 8.83. The van der Waals surface area contributed by atoms with E-state index in [2.05, 4.69) is 28.1 Å². The monoisotopic (exact) mass is 375 g/mol. The number of rotatable bonds is 2. The van der Waals surface area contributed by atoms with E-state index >= 15 is 0 Å². The van der Waals surface area contributed by atoms with Crippen molar-refractivity contribution in [2.24, 2.45) is 16.8 Å². The van der Waals surface area contributed by atoms with Crippen LogP contribution < -0.4 is 5.32 Å². The molecular formula is C14H22IN3O. The summed E-state index contributed by atoms with van der Waals surface area (Å²) in [4.78, 5) is 6.83. The van der Waals surface area contributed by atoms with Gasteiger partial charge in [-0.05, 0) is 19.8 Å². The third-order valence-corrected chi connectivity index (χ3v) is 4.41. The minimum atomic E-state index is 0. The lowest BCUT2D eigenvalue weighted by Crippen LogP contribution is -2.41. The van der Waals surface area contributed by atoms with Gasteiger partial charge in [0.25, 0.3) is 0 Å². The van der Waals surface area contributed by atoms with E-state index in [0.29, 0.717) is 30.6 Å². The molecule has 0 saturated carbocycles. The Morgan fingerprint density at radius 3 is 2.53 bits per heavy atom. The largest absolute Gasteiger partial charge is 0.374 e. The summed E-state index contributed by atoms with van der Waals surface area (Å²) in [6.45, 7) is 5.58. The van der Waals surface area contributed by atoms with Crippen molar-refractivity contribution in [3.63, 3.8) is 0 Å². The van der Waals surface area contributed by atoms with Crippen LogP contribution in [0.3, 0.4) is 0 Å². The molecule has 0 spiro atoms. The number of hydrogen-bond acceptors (Lipinski definition) is 2. The van der Waals surface area contributed by atoms with Gasteiger partial charge >= 0.3 is 0 Å². The molecule has 106 valence electrons. The van der Waals surface area contributed by atoms with Gasteiger partial charge in [-0.1, -0.05) is 5.92 Å². The Morgan fingerprint density at radius 2 is 2.00 bits per heavy atom. The van der Waals surface area contributed by atoms with Gasteiger partial charge < -0.3 is 15.0 Å². The quantitative estimate of drug-likeness (QED) is 0.342. The fourth-order valence-corrected chi connectivity index (χ4v) is 3.68. The third-order valence-electron chi connectivity index (χ3n) is 4.41. The standard InChI is InChI=1S/C14H21N3O.HI/c1-3-7-16-14(15-4-2)17-8-10-11(9-17)13-6-5-12(10)18-13;/h1,10-13H,4-9H2,2H3,(H,15,16);1H. The van der Waals surface area contributed by atoms with Crippen LogP contribution >= 0.6 is 24.0 Å². The van der Waals surface area contributed by atoms with E-state index in [-0.39, 0.29) is 24.0 Å². The van der Waals surface area contributed by atoms with Crippen LogP contribution in [-0.4, -0.2) is 49.2 Å². The Kier molecular flexibility index (Phi) is 4.96. The Labute approximate surface area is 132 Å². The van der Waals surface area contributed by atoms with Crippen LogP contribution in [0.15, 0.2) is 4.99 Å². The molecule has 2 bridgehead atoms. The van der Waals surface area contributed by atoms with Gasteiger partial charge in [-0.2, -0.15) is 0 Å². The van der Waals surface area contributed by atoms with E-state index in [1.54, 1.807) is 0 Å². The molecule has 0 aliphatic carbocycles. The highest BCUT2D eigenvalue weighted by Crippen LogP contribution is 2.47. The fourth-order valence-electron chi connectivity index (χ4n) is 3.68. The van der Waals surface area contributed by atoms with Crippen LogP contribution in [0.5, 0.6) is 0 Å². The minimum Gasteiger partial charge on any atom is -0.374 e. The summed E-state index contributed by atoms with van der Waals surface area (Å²) in [7, 11) is 0. The summed E-state index contributed by atoms with van der Waals surface area (Å²) in [5.74, 6) is 4.97. The summed E-state index contributed by atoms with van der Waals surface area (Å²) in [6, 6.07) is 0. The van der Waals surface area contributed by atoms with Gasteiger partial charge in [0.1, 0.15) is 6.54 Å². The predicted molar refractivity (Wildman–Crippen MR) is 86.7 cm³/mol. The molecule has 3 heterocycles. The van der Waals surface area contributed by atoms with Crippen molar-refractivity contribution in [2.45, 2.75) is 32.0 Å². The number of nitrogens with one attached hydrogen (secondary N) is 1. The van der Waals surface area contributed by atoms with Gasteiger partial charge in [-0.3, -0.25) is 0 Å². The molecule has 0 amide bonds. The molecule has 4 nitrogen and oxygen atoms in total. The zero-order chi connectivity index (χ0) is 12.5. The summed E-state index contributed by atoms with van der Waals surface area (Å²) in [5.41, 5.74) is 0. The van der Waals surface area contributed by atoms with Crippen LogP contribution in [0.2, 0.25) is 0 Å². The summed E-state index contributed by atoms with van der Waals surface area (Å²) in [6.07, 6.45) is 8.79. The van der Waals surface area contributed by atoms with Gasteiger partial charge in [0.05, 0.1) is 12.2 Å². The first-order valence-electron chi connectivity index (χ1n) is 6.95. The minimum absolute atomic E-state index is 0. The lowest BCUT2D eigenvalue weighted by atomic mass is 9.82. The molecule has 3 aliphatic rings. The molecular weight excluding hydrogens is 353 g/mol. The van der Waals surface area contributed by atoms with Crippen molar-refractivity contribution in [1.82, 2.24) is 10.2 Å². The molecule has 4 unspecified atom stereocenters. The van der Waals surface area contributed by atoms with Gasteiger partial charge in [-0.15, -0.1) is 30.4 Å². The van der Waals surface area contributed by atoms with Crippen molar-refractivity contribution < 1.29 is 4.74 Å². The molecule has 5 heteroatoms. The van der Waals surface area contributed by atoms with Crippen LogP contribution in [0.4, 0.5) is 0 Å². The summed E-state index contributed by atoms with van der Waals surface area (Å²) in [5, 5.41) is 3.34. The molecule has 3 aliphatic heterocycles. The van der Waals surface area contributed by atoms with Crippen LogP contribution in [-0.2, 0) is 4.74 Å². The molecule has 0 aromatic carbocycles. The third kappa shape index (κ3) is 2.70. The second kappa shape index (κ2) is 6.31. The number of halogens is 1. The van der Waals surface area contributed by atoms with Crippen molar-refractivity contribution in [3.8, 4) is 12.3 Å². The number of hydrogen-bond donors (Lipinski definition) is 1. The lowest BCUT2D eigenvalue weighted by molar-refractivity contribution is 0.0767. The highest BCUT2D eigenvalue weighted by atomic mass is 127. The highest BCUT2D eigenvalue weighted by molar-refractivity contribution is 14.0. The topological polar surface area (TPSA) is 36.9 Å². The van der Waals surface area contributed by atoms with Crippen molar-refractivity contribution >= 4 is 29.9 Å². The van der Waals surface area contributed by atoms with Crippen LogP contribution in [0.1, 0.15) is 19.8 Å². The number of aliphatic imine (C=N–C) groups is 1. The molecule has 3 rings (SSSR count). The van der Waals surface area contributed by atoms with Gasteiger partial charge in [-0.25, -0.2) is 4.99 Å². The fraction of sp³-hybridized carbons (Fsp3) is 0.786. The first-order valence-corrected chi connectivity index (χ1v) is 6.95. The number of nitrogens with zero attached hydrogens (tertiary/aromatic N) is 2. The number of likely N-dealkylation sites (tertiary alicyclic amines) is 1. The maximum Gasteiger partial charge on any atom is 0.194 e. The van der Waals surface area contributed by atoms with Crippen LogP contribution in [0.25, 0.3) is 0 Å². The van der Waals surface area contributed by atoms with Crippen molar-refractivity contribution in [3.05, 3.63) is 0 Å². The Bertz CT molecular complexity index is 375. The molecule has 0 aromatic heterocycles. The van der Waals surface area contributed by atoms with Crippen molar-refractivity contribution in [2.75, 3.05) is 26.2 Å². The molecule has 1 N–H and O–H groups in total. The van der Waals surface area contributed by atoms with Gasteiger partial charge in [0, 0.05) is 31.5 Å². The zero-order valence-electron chi connectivity index (χ0n) is 11.3. The molecule has 3 fully saturated rings. The van der Waals surface area contributed by atoms with E-state index in [9.17, 15) is 0 Å². The van der Waals surface area contributed by atoms with E-state index in [4.69, 9.17) is 11.2 Å². The Morgan fingerprint density at radius 1 is 1.37 bits per heavy atom. The van der Waals surface area contributed by atoms with Gasteiger partial charge in [0.15, 0.2) is 5.96 Å². The molecule has 19 heavy (non-hydrogen) atoms. The molecule has 3 saturated heterocycles. The van der Waals surface area contributed by atoms with Crippen LogP contribution in [0, 0.1) is 24.2 Å². The Balaban J connectivity index is 0.00000133. The maximum absolute atomic E-state index is 5.99. The normalized spacial score (nSPS) is 35.8. The van der Waals surface area contributed by atoms with E-state index in [0.717, 1.165) is 25.6 Å². The highest BCUT2D eigenvalue weighted by Gasteiger charge is 2.53. The van der Waals surface area contributed by atoms with E-state index < -0.39 is 0 Å². The number of terminal acetylenes is 1. The summed E-state index contributed by atoms with van der Waals surface area (Å²) >= 11 is 0. The van der Waals surface area contributed by atoms with Crippen molar-refractivity contribution in [1.29, 1.82) is 0 Å². The van der Waals surface area contributed by atoms with Gasteiger partial charge in [0.2, 0.25) is 0 Å². The van der Waals surface area contributed by atoms with E-state index in [1.807, 2.05) is 0 Å². The Hall–Kier alpha value is -0.480. The average molecular weight is 375 g/mol. The smallest absolute Gasteiger partial charge is 0.194 e. The molecule has 4 atom stereocenters. The lowest BCUT2D eigenvalue weighted by Gasteiger charge is -2.23. The SMILES string of the molecule is C#CCN=C(NCC)N1CC2C3CCC(O3)C2C1.I. The summed E-state index contributed by atoms with van der Waals surface area (Å²) < 4.78 is 5.99. The second-order valence-electron chi connectivity index (χ2n) is 5.40.